The fraction of sp³-hybridized carbons (Fsp3) is 0.429. The molecule has 3 rings (SSSR count). The van der Waals surface area contributed by atoms with E-state index in [1.165, 1.54) is 32.5 Å². The number of aryl methyl sites for hydroxylation is 2. The third-order valence-corrected chi connectivity index (χ3v) is 6.45. The quantitative estimate of drug-likeness (QED) is 0.908. The molecule has 1 fully saturated rings. The summed E-state index contributed by atoms with van der Waals surface area (Å²) in [5.41, 5.74) is 0.288. The topological polar surface area (TPSA) is 84.3 Å². The smallest absolute Gasteiger partial charge is 0.274 e. The van der Waals surface area contributed by atoms with Crippen molar-refractivity contribution in [3.05, 3.63) is 29.0 Å². The third kappa shape index (κ3) is 3.17. The first kappa shape index (κ1) is 16.2. The van der Waals surface area contributed by atoms with Gasteiger partial charge in [-0.2, -0.15) is 4.31 Å². The zero-order valence-corrected chi connectivity index (χ0v) is 14.6. The lowest BCUT2D eigenvalue weighted by molar-refractivity contribution is 0.101. The van der Waals surface area contributed by atoms with E-state index >= 15 is 0 Å². The summed E-state index contributed by atoms with van der Waals surface area (Å²) in [7, 11) is -1.87. The molecule has 0 aliphatic carbocycles. The molecule has 1 saturated heterocycles. The Morgan fingerprint density at radius 2 is 2.04 bits per heavy atom. The minimum absolute atomic E-state index is 0.155. The van der Waals surface area contributed by atoms with E-state index in [0.717, 1.165) is 17.7 Å². The van der Waals surface area contributed by atoms with Crippen molar-refractivity contribution in [1.82, 2.24) is 13.9 Å². The second-order valence-electron chi connectivity index (χ2n) is 5.51. The van der Waals surface area contributed by atoms with Gasteiger partial charge in [0.05, 0.1) is 0 Å². The van der Waals surface area contributed by atoms with Gasteiger partial charge in [0, 0.05) is 37.4 Å². The molecule has 0 saturated carbocycles. The Hall–Kier alpha value is -1.71. The first-order valence-electron chi connectivity index (χ1n) is 7.28. The molecule has 1 amide bonds. The molecule has 2 aromatic rings. The SMILES string of the molecule is Cc1cnc(NC(=O)c2cc(S(=O)(=O)N3CCCC3)cn2C)s1. The molecule has 2 aromatic heterocycles. The average molecular weight is 354 g/mol. The number of nitrogens with zero attached hydrogens (tertiary/aromatic N) is 3. The maximum Gasteiger partial charge on any atom is 0.274 e. The van der Waals surface area contributed by atoms with Crippen molar-refractivity contribution >= 4 is 32.4 Å². The molecule has 0 aromatic carbocycles. The number of carbonyl (C=O) groups is 1. The van der Waals surface area contributed by atoms with E-state index in [1.54, 1.807) is 13.2 Å². The van der Waals surface area contributed by atoms with E-state index in [2.05, 4.69) is 10.3 Å². The number of carbonyl (C=O) groups excluding carboxylic acids is 1. The largest absolute Gasteiger partial charge is 0.345 e. The lowest BCUT2D eigenvalue weighted by Gasteiger charge is -2.13. The molecule has 0 bridgehead atoms. The molecule has 1 aliphatic heterocycles. The zero-order valence-electron chi connectivity index (χ0n) is 12.9. The van der Waals surface area contributed by atoms with Crippen LogP contribution < -0.4 is 5.32 Å². The second-order valence-corrected chi connectivity index (χ2v) is 8.69. The number of amides is 1. The van der Waals surface area contributed by atoms with Gasteiger partial charge in [-0.05, 0) is 25.8 Å². The minimum Gasteiger partial charge on any atom is -0.345 e. The fourth-order valence-corrected chi connectivity index (χ4v) is 4.80. The second kappa shape index (κ2) is 6.06. The molecular weight excluding hydrogens is 336 g/mol. The number of nitrogens with one attached hydrogen (secondary N) is 1. The summed E-state index contributed by atoms with van der Waals surface area (Å²) in [5.74, 6) is -0.371. The van der Waals surface area contributed by atoms with Gasteiger partial charge in [0.15, 0.2) is 5.13 Å². The highest BCUT2D eigenvalue weighted by Crippen LogP contribution is 2.23. The average Bonchev–Trinajstić information content (AvgIpc) is 3.19. The van der Waals surface area contributed by atoms with E-state index in [9.17, 15) is 13.2 Å². The third-order valence-electron chi connectivity index (χ3n) is 3.76. The van der Waals surface area contributed by atoms with Crippen LogP contribution in [0.5, 0.6) is 0 Å². The molecule has 7 nitrogen and oxygen atoms in total. The number of hydrogen-bond acceptors (Lipinski definition) is 5. The maximum absolute atomic E-state index is 12.6. The van der Waals surface area contributed by atoms with Crippen molar-refractivity contribution in [2.45, 2.75) is 24.7 Å². The van der Waals surface area contributed by atoms with Gasteiger partial charge in [0.25, 0.3) is 5.91 Å². The van der Waals surface area contributed by atoms with Gasteiger partial charge in [-0.25, -0.2) is 13.4 Å². The van der Waals surface area contributed by atoms with Crippen LogP contribution >= 0.6 is 11.3 Å². The van der Waals surface area contributed by atoms with E-state index in [1.807, 2.05) is 6.92 Å². The van der Waals surface area contributed by atoms with Crippen molar-refractivity contribution in [2.24, 2.45) is 7.05 Å². The summed E-state index contributed by atoms with van der Waals surface area (Å²) < 4.78 is 28.1. The van der Waals surface area contributed by atoms with Crippen LogP contribution in [-0.4, -0.2) is 41.3 Å². The molecule has 9 heteroatoms. The molecule has 124 valence electrons. The Morgan fingerprint density at radius 1 is 1.35 bits per heavy atom. The van der Waals surface area contributed by atoms with Crippen LogP contribution in [0.3, 0.4) is 0 Å². The van der Waals surface area contributed by atoms with Crippen LogP contribution in [0.25, 0.3) is 0 Å². The molecule has 1 N–H and O–H groups in total. The van der Waals surface area contributed by atoms with Crippen LogP contribution in [-0.2, 0) is 17.1 Å². The first-order chi connectivity index (χ1) is 10.9. The number of anilines is 1. The lowest BCUT2D eigenvalue weighted by Crippen LogP contribution is -2.27. The van der Waals surface area contributed by atoms with Crippen molar-refractivity contribution in [3.8, 4) is 0 Å². The summed E-state index contributed by atoms with van der Waals surface area (Å²) in [4.78, 5) is 17.6. The van der Waals surface area contributed by atoms with Crippen LogP contribution in [0.2, 0.25) is 0 Å². The highest BCUT2D eigenvalue weighted by Gasteiger charge is 2.29. The summed E-state index contributed by atoms with van der Waals surface area (Å²) in [6.07, 6.45) is 4.91. The summed E-state index contributed by atoms with van der Waals surface area (Å²) in [6, 6.07) is 1.42. The summed E-state index contributed by atoms with van der Waals surface area (Å²) in [5, 5.41) is 3.19. The van der Waals surface area contributed by atoms with E-state index < -0.39 is 10.0 Å². The Bertz CT molecular complexity index is 832. The monoisotopic (exact) mass is 354 g/mol. The normalized spacial score (nSPS) is 15.9. The van der Waals surface area contributed by atoms with E-state index in [-0.39, 0.29) is 16.5 Å². The van der Waals surface area contributed by atoms with Crippen LogP contribution in [0.4, 0.5) is 5.13 Å². The predicted octanol–water partition coefficient (Wildman–Crippen LogP) is 1.83. The lowest BCUT2D eigenvalue weighted by atomic mass is 10.4. The number of thiazole rings is 1. The number of sulfonamides is 1. The Balaban J connectivity index is 1.84. The molecule has 0 spiro atoms. The fourth-order valence-electron chi connectivity index (χ4n) is 2.55. The van der Waals surface area contributed by atoms with Gasteiger partial charge in [0.1, 0.15) is 10.6 Å². The van der Waals surface area contributed by atoms with Gasteiger partial charge in [0.2, 0.25) is 10.0 Å². The highest BCUT2D eigenvalue weighted by atomic mass is 32.2. The predicted molar refractivity (Wildman–Crippen MR) is 88.2 cm³/mol. The van der Waals surface area contributed by atoms with Gasteiger partial charge in [-0.1, -0.05) is 0 Å². The number of rotatable bonds is 4. The maximum atomic E-state index is 12.6. The van der Waals surface area contributed by atoms with E-state index in [0.29, 0.717) is 18.2 Å². The zero-order chi connectivity index (χ0) is 16.6. The highest BCUT2D eigenvalue weighted by molar-refractivity contribution is 7.89. The Labute approximate surface area is 139 Å². The Kier molecular flexibility index (Phi) is 4.26. The molecule has 23 heavy (non-hydrogen) atoms. The van der Waals surface area contributed by atoms with Crippen LogP contribution in [0, 0.1) is 6.92 Å². The van der Waals surface area contributed by atoms with Crippen molar-refractivity contribution in [3.63, 3.8) is 0 Å². The molecule has 1 aliphatic rings. The minimum atomic E-state index is -3.52. The summed E-state index contributed by atoms with van der Waals surface area (Å²) in [6.45, 7) is 2.98. The van der Waals surface area contributed by atoms with Gasteiger partial charge >= 0.3 is 0 Å². The Morgan fingerprint density at radius 3 is 2.65 bits per heavy atom. The first-order valence-corrected chi connectivity index (χ1v) is 9.54. The van der Waals surface area contributed by atoms with Gasteiger partial charge < -0.3 is 4.57 Å². The summed E-state index contributed by atoms with van der Waals surface area (Å²) >= 11 is 1.37. The van der Waals surface area contributed by atoms with Crippen molar-refractivity contribution in [2.75, 3.05) is 18.4 Å². The number of aromatic nitrogens is 2. The molecular formula is C14H18N4O3S2. The van der Waals surface area contributed by atoms with Crippen molar-refractivity contribution < 1.29 is 13.2 Å². The van der Waals surface area contributed by atoms with E-state index in [4.69, 9.17) is 0 Å². The van der Waals surface area contributed by atoms with Gasteiger partial charge in [-0.15, -0.1) is 11.3 Å². The molecule has 0 radical (unpaired) electrons. The molecule has 0 atom stereocenters. The molecule has 0 unspecified atom stereocenters. The van der Waals surface area contributed by atoms with Gasteiger partial charge in [-0.3, -0.25) is 10.1 Å². The van der Waals surface area contributed by atoms with Crippen LogP contribution in [0.1, 0.15) is 28.2 Å². The van der Waals surface area contributed by atoms with Crippen LogP contribution in [0.15, 0.2) is 23.4 Å². The number of hydrogen-bond donors (Lipinski definition) is 1. The molecule has 3 heterocycles. The standard InChI is InChI=1S/C14H18N4O3S2/c1-10-8-15-14(22-10)16-13(19)12-7-11(9-17(12)2)23(20,21)18-5-3-4-6-18/h7-9H,3-6H2,1-2H3,(H,15,16,19). The van der Waals surface area contributed by atoms with Crippen molar-refractivity contribution in [1.29, 1.82) is 0 Å².